The highest BCUT2D eigenvalue weighted by Gasteiger charge is 2.20. The molecule has 6 nitrogen and oxygen atoms in total. The highest BCUT2D eigenvalue weighted by molar-refractivity contribution is 5.76. The Morgan fingerprint density at radius 2 is 0.676 bits per heavy atom. The van der Waals surface area contributed by atoms with Gasteiger partial charge >= 0.3 is 5.97 Å². The number of nitrogens with one attached hydrogen (secondary N) is 1. The summed E-state index contributed by atoms with van der Waals surface area (Å²) >= 11 is 0. The molecule has 0 radical (unpaired) electrons. The van der Waals surface area contributed by atoms with E-state index in [1.54, 1.807) is 0 Å². The van der Waals surface area contributed by atoms with Gasteiger partial charge in [0.1, 0.15) is 0 Å². The van der Waals surface area contributed by atoms with Crippen LogP contribution in [-0.4, -0.2) is 47.4 Å². The molecule has 0 heterocycles. The fourth-order valence-corrected chi connectivity index (χ4v) is 10.3. The number of esters is 1. The van der Waals surface area contributed by atoms with Crippen LogP contribution in [-0.2, 0) is 14.3 Å². The van der Waals surface area contributed by atoms with Crippen LogP contribution in [0, 0.1) is 0 Å². The minimum Gasteiger partial charge on any atom is -0.466 e. The molecule has 6 heteroatoms. The highest BCUT2D eigenvalue weighted by atomic mass is 16.5. The SMILES string of the molecule is CCCCC/C=C\C/C=C\CCCCCCCC(=O)OCCCCCCCCCCCCCC/C=C\CCCCCCCCCCCCC(=O)NC(CO)C(O)CCCCCCCCCCCCCCCCCC. The van der Waals surface area contributed by atoms with E-state index < -0.39 is 12.1 Å². The number of rotatable bonds is 62. The molecule has 0 spiro atoms. The van der Waals surface area contributed by atoms with Gasteiger partial charge in [0.05, 0.1) is 25.4 Å². The summed E-state index contributed by atoms with van der Waals surface area (Å²) in [6.07, 6.45) is 80.3. The number of amides is 1. The van der Waals surface area contributed by atoms with Crippen LogP contribution in [0.3, 0.4) is 0 Å². The van der Waals surface area contributed by atoms with Gasteiger partial charge in [-0.1, -0.05) is 301 Å². The summed E-state index contributed by atoms with van der Waals surface area (Å²) in [6, 6.07) is -0.543. The van der Waals surface area contributed by atoms with Gasteiger partial charge in [0.15, 0.2) is 0 Å². The molecule has 0 saturated carbocycles. The van der Waals surface area contributed by atoms with Crippen molar-refractivity contribution >= 4 is 11.9 Å². The second kappa shape index (κ2) is 63.6. The van der Waals surface area contributed by atoms with Crippen molar-refractivity contribution in [1.82, 2.24) is 5.32 Å². The molecule has 0 aliphatic rings. The monoisotopic (exact) mass is 1040 g/mol. The average Bonchev–Trinajstić information content (AvgIpc) is 3.40. The van der Waals surface area contributed by atoms with Crippen LogP contribution in [0.5, 0.6) is 0 Å². The van der Waals surface area contributed by atoms with Gasteiger partial charge in [-0.15, -0.1) is 0 Å². The minimum atomic E-state index is -0.666. The number of ether oxygens (including phenoxy) is 1. The molecule has 0 saturated heterocycles. The molecular weight excluding hydrogens is 911 g/mol. The van der Waals surface area contributed by atoms with Crippen molar-refractivity contribution in [1.29, 1.82) is 0 Å². The van der Waals surface area contributed by atoms with E-state index in [1.165, 1.54) is 276 Å². The smallest absolute Gasteiger partial charge is 0.305 e. The lowest BCUT2D eigenvalue weighted by atomic mass is 10.0. The molecule has 3 N–H and O–H groups in total. The third-order valence-electron chi connectivity index (χ3n) is 15.4. The summed E-state index contributed by atoms with van der Waals surface area (Å²) in [4.78, 5) is 24.6. The zero-order chi connectivity index (χ0) is 53.6. The number of unbranched alkanes of at least 4 members (excludes halogenated alkanes) is 45. The number of aliphatic hydroxyl groups excluding tert-OH is 2. The first-order chi connectivity index (χ1) is 36.5. The van der Waals surface area contributed by atoms with Crippen molar-refractivity contribution in [3.8, 4) is 0 Å². The zero-order valence-electron chi connectivity index (χ0n) is 49.8. The van der Waals surface area contributed by atoms with Gasteiger partial charge in [-0.3, -0.25) is 9.59 Å². The van der Waals surface area contributed by atoms with Gasteiger partial charge in [-0.2, -0.15) is 0 Å². The van der Waals surface area contributed by atoms with Crippen LogP contribution < -0.4 is 5.32 Å². The fourth-order valence-electron chi connectivity index (χ4n) is 10.3. The van der Waals surface area contributed by atoms with E-state index in [4.69, 9.17) is 4.74 Å². The van der Waals surface area contributed by atoms with Crippen LogP contribution in [0.1, 0.15) is 361 Å². The average molecular weight is 1040 g/mol. The Kier molecular flexibility index (Phi) is 62.0. The molecule has 2 atom stereocenters. The molecule has 0 aromatic rings. The summed E-state index contributed by atoms with van der Waals surface area (Å²) in [5.41, 5.74) is 0. The van der Waals surface area contributed by atoms with Gasteiger partial charge in [-0.25, -0.2) is 0 Å². The lowest BCUT2D eigenvalue weighted by Crippen LogP contribution is -2.45. The van der Waals surface area contributed by atoms with Crippen LogP contribution >= 0.6 is 0 Å². The van der Waals surface area contributed by atoms with Gasteiger partial charge in [-0.05, 0) is 83.5 Å². The van der Waals surface area contributed by atoms with Crippen LogP contribution in [0.2, 0.25) is 0 Å². The standard InChI is InChI=1S/C68H129NO5/c1-3-5-7-9-11-13-15-17-19-33-36-40-44-48-52-56-60-66(71)65(64-70)69-67(72)61-57-53-49-45-41-37-34-30-28-26-24-22-20-21-23-25-27-29-31-35-39-43-47-51-55-59-63-74-68(73)62-58-54-50-46-42-38-32-18-16-14-12-10-8-6-4-2/h12,14,18,20,22,32,65-66,70-71H,3-11,13,15-17,19,21,23-31,33-64H2,1-2H3,(H,69,72)/b14-12-,22-20-,32-18-. The van der Waals surface area contributed by atoms with E-state index in [0.29, 0.717) is 25.9 Å². The predicted octanol–water partition coefficient (Wildman–Crippen LogP) is 21.1. The zero-order valence-corrected chi connectivity index (χ0v) is 49.8. The van der Waals surface area contributed by atoms with Gasteiger partial charge in [0.2, 0.25) is 5.91 Å². The Morgan fingerprint density at radius 3 is 1.07 bits per heavy atom. The first-order valence-corrected chi connectivity index (χ1v) is 33.2. The van der Waals surface area contributed by atoms with Gasteiger partial charge in [0.25, 0.3) is 0 Å². The van der Waals surface area contributed by atoms with E-state index >= 15 is 0 Å². The van der Waals surface area contributed by atoms with E-state index in [2.05, 4.69) is 55.6 Å². The van der Waals surface area contributed by atoms with Crippen LogP contribution in [0.25, 0.3) is 0 Å². The second-order valence-corrected chi connectivity index (χ2v) is 22.8. The van der Waals surface area contributed by atoms with Crippen molar-refractivity contribution in [2.24, 2.45) is 0 Å². The Labute approximate surface area is 462 Å². The molecule has 0 aromatic carbocycles. The summed E-state index contributed by atoms with van der Waals surface area (Å²) < 4.78 is 5.48. The molecule has 0 rings (SSSR count). The number of carbonyl (C=O) groups excluding carboxylic acids is 2. The maximum atomic E-state index is 12.5. The van der Waals surface area contributed by atoms with Crippen molar-refractivity contribution in [2.75, 3.05) is 13.2 Å². The molecule has 0 aliphatic carbocycles. The molecule has 0 aliphatic heterocycles. The third kappa shape index (κ3) is 59.3. The number of hydrogen-bond donors (Lipinski definition) is 3. The topological polar surface area (TPSA) is 95.9 Å². The third-order valence-corrected chi connectivity index (χ3v) is 15.4. The maximum Gasteiger partial charge on any atom is 0.305 e. The lowest BCUT2D eigenvalue weighted by molar-refractivity contribution is -0.143. The summed E-state index contributed by atoms with van der Waals surface area (Å²) in [5, 5.41) is 23.3. The largest absolute Gasteiger partial charge is 0.466 e. The van der Waals surface area contributed by atoms with Crippen molar-refractivity contribution in [2.45, 2.75) is 373 Å². The number of carbonyl (C=O) groups is 2. The summed E-state index contributed by atoms with van der Waals surface area (Å²) in [7, 11) is 0. The predicted molar refractivity (Wildman–Crippen MR) is 324 cm³/mol. The Bertz CT molecular complexity index is 1200. The number of allylic oxidation sites excluding steroid dienone is 6. The number of aliphatic hydroxyl groups is 2. The highest BCUT2D eigenvalue weighted by Crippen LogP contribution is 2.18. The Hall–Kier alpha value is -1.92. The molecule has 74 heavy (non-hydrogen) atoms. The first-order valence-electron chi connectivity index (χ1n) is 33.2. The lowest BCUT2D eigenvalue weighted by Gasteiger charge is -2.22. The number of hydrogen-bond acceptors (Lipinski definition) is 5. The van der Waals surface area contributed by atoms with Crippen LogP contribution in [0.4, 0.5) is 0 Å². The molecule has 0 fully saturated rings. The van der Waals surface area contributed by atoms with E-state index in [0.717, 1.165) is 51.4 Å². The van der Waals surface area contributed by atoms with Crippen LogP contribution in [0.15, 0.2) is 36.5 Å². The first kappa shape index (κ1) is 72.1. The van der Waals surface area contributed by atoms with Gasteiger partial charge < -0.3 is 20.3 Å². The summed E-state index contributed by atoms with van der Waals surface area (Å²) in [5.74, 6) is -0.0341. The normalized spacial score (nSPS) is 12.8. The van der Waals surface area contributed by atoms with E-state index in [9.17, 15) is 19.8 Å². The molecule has 2 unspecified atom stereocenters. The molecule has 0 bridgehead atoms. The maximum absolute atomic E-state index is 12.5. The second-order valence-electron chi connectivity index (χ2n) is 22.8. The van der Waals surface area contributed by atoms with E-state index in [-0.39, 0.29) is 18.5 Å². The molecule has 1 amide bonds. The molecular formula is C68H129NO5. The molecule has 0 aromatic heterocycles. The van der Waals surface area contributed by atoms with Crippen molar-refractivity contribution < 1.29 is 24.5 Å². The quantitative estimate of drug-likeness (QED) is 0.0320. The summed E-state index contributed by atoms with van der Waals surface area (Å²) in [6.45, 7) is 4.94. The minimum absolute atomic E-state index is 0.000533. The van der Waals surface area contributed by atoms with Crippen molar-refractivity contribution in [3.63, 3.8) is 0 Å². The Balaban J connectivity index is 3.39. The fraction of sp³-hybridized carbons (Fsp3) is 0.882. The van der Waals surface area contributed by atoms with Gasteiger partial charge in [0, 0.05) is 12.8 Å². The Morgan fingerprint density at radius 1 is 0.378 bits per heavy atom. The van der Waals surface area contributed by atoms with Crippen molar-refractivity contribution in [3.05, 3.63) is 36.5 Å². The molecule has 436 valence electrons. The van der Waals surface area contributed by atoms with E-state index in [1.807, 2.05) is 0 Å².